The molecule has 0 heterocycles. The monoisotopic (exact) mass is 315 g/mol. The average Bonchev–Trinajstić information content (AvgIpc) is 2.59. The van der Waals surface area contributed by atoms with Crippen molar-refractivity contribution in [1.29, 1.82) is 0 Å². The van der Waals surface area contributed by atoms with Crippen molar-refractivity contribution in [2.75, 3.05) is 6.54 Å². The van der Waals surface area contributed by atoms with Gasteiger partial charge < -0.3 is 5.32 Å². The number of amides is 1. The van der Waals surface area contributed by atoms with Crippen LogP contribution in [0.3, 0.4) is 0 Å². The Morgan fingerprint density at radius 2 is 2.00 bits per heavy atom. The molecule has 102 valence electrons. The zero-order valence-corrected chi connectivity index (χ0v) is 13.2. The van der Waals surface area contributed by atoms with E-state index in [4.69, 9.17) is 0 Å². The molecule has 0 aromatic heterocycles. The summed E-state index contributed by atoms with van der Waals surface area (Å²) in [5.41, 5.74) is -1.23. The number of rotatable bonds is 3. The second kappa shape index (κ2) is 4.06. The normalized spacial score (nSPS) is 41.2. The van der Waals surface area contributed by atoms with E-state index in [9.17, 15) is 9.59 Å². The molecular formula is C14H22BrNO2. The third-order valence-corrected chi connectivity index (χ3v) is 6.86. The van der Waals surface area contributed by atoms with Gasteiger partial charge in [0.05, 0.1) is 10.2 Å². The van der Waals surface area contributed by atoms with Crippen molar-refractivity contribution in [3.05, 3.63) is 0 Å². The molecule has 2 fully saturated rings. The van der Waals surface area contributed by atoms with Gasteiger partial charge in [0, 0.05) is 12.0 Å². The smallest absolute Gasteiger partial charge is 0.228 e. The Hall–Kier alpha value is -0.380. The van der Waals surface area contributed by atoms with Gasteiger partial charge in [0.15, 0.2) is 5.78 Å². The highest BCUT2D eigenvalue weighted by molar-refractivity contribution is 9.10. The molecule has 2 rings (SSSR count). The number of carbonyl (C=O) groups excluding carboxylic acids is 2. The van der Waals surface area contributed by atoms with Crippen LogP contribution in [0.1, 0.15) is 47.0 Å². The van der Waals surface area contributed by atoms with E-state index in [0.717, 1.165) is 19.3 Å². The van der Waals surface area contributed by atoms with Crippen molar-refractivity contribution >= 4 is 27.6 Å². The highest BCUT2D eigenvalue weighted by Crippen LogP contribution is 2.72. The van der Waals surface area contributed by atoms with Gasteiger partial charge in [-0.1, -0.05) is 43.6 Å². The fourth-order valence-corrected chi connectivity index (χ4v) is 5.37. The number of fused-ring (bicyclic) bond motifs is 2. The third kappa shape index (κ3) is 1.30. The van der Waals surface area contributed by atoms with Gasteiger partial charge in [-0.15, -0.1) is 0 Å². The first-order valence-electron chi connectivity index (χ1n) is 6.72. The molecule has 0 unspecified atom stereocenters. The fraction of sp³-hybridized carbons (Fsp3) is 0.857. The number of carbonyl (C=O) groups is 2. The number of halogens is 1. The van der Waals surface area contributed by atoms with Crippen LogP contribution >= 0.6 is 15.9 Å². The Bertz CT molecular complexity index is 407. The molecule has 0 aliphatic heterocycles. The van der Waals surface area contributed by atoms with Crippen molar-refractivity contribution in [2.24, 2.45) is 16.2 Å². The summed E-state index contributed by atoms with van der Waals surface area (Å²) in [6.07, 6.45) is 2.54. The number of nitrogens with one attached hydrogen (secondary N) is 1. The quantitative estimate of drug-likeness (QED) is 0.814. The summed E-state index contributed by atoms with van der Waals surface area (Å²) in [5.74, 6) is 0.246. The molecule has 2 bridgehead atoms. The highest BCUT2D eigenvalue weighted by atomic mass is 79.9. The minimum Gasteiger partial charge on any atom is -0.356 e. The number of hydrogen-bond donors (Lipinski definition) is 1. The minimum absolute atomic E-state index is 0.0470. The maximum Gasteiger partial charge on any atom is 0.228 e. The maximum atomic E-state index is 12.6. The van der Waals surface area contributed by atoms with E-state index in [0.29, 0.717) is 6.54 Å². The molecule has 0 saturated heterocycles. The first kappa shape index (κ1) is 14.0. The van der Waals surface area contributed by atoms with Crippen molar-refractivity contribution in [1.82, 2.24) is 5.32 Å². The molecular weight excluding hydrogens is 294 g/mol. The molecule has 0 radical (unpaired) electrons. The molecule has 4 heteroatoms. The Kier molecular flexibility index (Phi) is 3.16. The lowest BCUT2D eigenvalue weighted by Gasteiger charge is -2.39. The Morgan fingerprint density at radius 3 is 2.44 bits per heavy atom. The summed E-state index contributed by atoms with van der Waals surface area (Å²) < 4.78 is 0. The van der Waals surface area contributed by atoms with Gasteiger partial charge in [-0.05, 0) is 24.7 Å². The predicted octanol–water partition coefficient (Wildman–Crippen LogP) is 2.67. The molecule has 0 aromatic rings. The zero-order valence-electron chi connectivity index (χ0n) is 11.6. The number of hydrogen-bond acceptors (Lipinski definition) is 2. The molecule has 0 spiro atoms. The molecule has 18 heavy (non-hydrogen) atoms. The molecule has 1 N–H and O–H groups in total. The average molecular weight is 316 g/mol. The highest BCUT2D eigenvalue weighted by Gasteiger charge is 2.76. The van der Waals surface area contributed by atoms with Crippen LogP contribution < -0.4 is 5.32 Å². The SMILES string of the molecule is CCCNC(=O)[C@]12CC[C@](C)(C(=O)[C@@H]1Br)C2(C)C. The van der Waals surface area contributed by atoms with Crippen LogP contribution in [0, 0.1) is 16.2 Å². The van der Waals surface area contributed by atoms with E-state index in [1.165, 1.54) is 0 Å². The maximum absolute atomic E-state index is 12.6. The summed E-state index contributed by atoms with van der Waals surface area (Å²) in [5, 5.41) is 3.00. The lowest BCUT2D eigenvalue weighted by atomic mass is 9.64. The van der Waals surface area contributed by atoms with Crippen molar-refractivity contribution < 1.29 is 9.59 Å². The van der Waals surface area contributed by atoms with E-state index >= 15 is 0 Å². The van der Waals surface area contributed by atoms with Crippen LogP contribution in [0.5, 0.6) is 0 Å². The van der Waals surface area contributed by atoms with Gasteiger partial charge in [-0.25, -0.2) is 0 Å². The van der Waals surface area contributed by atoms with Gasteiger partial charge in [-0.2, -0.15) is 0 Å². The fourth-order valence-electron chi connectivity index (χ4n) is 3.85. The van der Waals surface area contributed by atoms with Crippen molar-refractivity contribution in [2.45, 2.75) is 51.8 Å². The van der Waals surface area contributed by atoms with E-state index < -0.39 is 5.41 Å². The molecule has 2 saturated carbocycles. The van der Waals surface area contributed by atoms with E-state index in [-0.39, 0.29) is 27.3 Å². The van der Waals surface area contributed by atoms with Gasteiger partial charge in [0.2, 0.25) is 5.91 Å². The van der Waals surface area contributed by atoms with Crippen molar-refractivity contribution in [3.8, 4) is 0 Å². The molecule has 0 aromatic carbocycles. The van der Waals surface area contributed by atoms with Gasteiger partial charge in [-0.3, -0.25) is 9.59 Å². The number of ketones is 1. The summed E-state index contributed by atoms with van der Waals surface area (Å²) >= 11 is 3.51. The Labute approximate surface area is 117 Å². The second-order valence-electron chi connectivity index (χ2n) is 6.41. The molecule has 2 aliphatic rings. The zero-order chi connectivity index (χ0) is 13.8. The van der Waals surface area contributed by atoms with E-state index in [2.05, 4.69) is 35.1 Å². The van der Waals surface area contributed by atoms with E-state index in [1.54, 1.807) is 0 Å². The molecule has 3 atom stereocenters. The molecule has 2 aliphatic carbocycles. The lowest BCUT2D eigenvalue weighted by Crippen LogP contribution is -2.50. The first-order chi connectivity index (χ1) is 8.25. The molecule has 1 amide bonds. The standard InChI is InChI=1S/C14H22BrNO2/c1-5-8-16-11(18)14-7-6-13(4,12(14,2)3)10(17)9(14)15/h9H,5-8H2,1-4H3,(H,16,18)/t9-,13+,14-/m0/s1. The largest absolute Gasteiger partial charge is 0.356 e. The number of alkyl halides is 1. The minimum atomic E-state index is -0.575. The first-order valence-corrected chi connectivity index (χ1v) is 7.64. The topological polar surface area (TPSA) is 46.2 Å². The summed E-state index contributed by atoms with van der Waals surface area (Å²) in [6, 6.07) is 0. The van der Waals surface area contributed by atoms with Gasteiger partial charge in [0.1, 0.15) is 0 Å². The predicted molar refractivity (Wildman–Crippen MR) is 74.6 cm³/mol. The van der Waals surface area contributed by atoms with Crippen LogP contribution in [-0.4, -0.2) is 23.1 Å². The van der Waals surface area contributed by atoms with Crippen LogP contribution in [-0.2, 0) is 9.59 Å². The van der Waals surface area contributed by atoms with Gasteiger partial charge >= 0.3 is 0 Å². The van der Waals surface area contributed by atoms with Crippen LogP contribution in [0.2, 0.25) is 0 Å². The van der Waals surface area contributed by atoms with E-state index in [1.807, 2.05) is 13.8 Å². The van der Waals surface area contributed by atoms with Crippen molar-refractivity contribution in [3.63, 3.8) is 0 Å². The molecule has 3 nitrogen and oxygen atoms in total. The Balaban J connectivity index is 2.43. The third-order valence-electron chi connectivity index (χ3n) is 5.66. The van der Waals surface area contributed by atoms with Crippen LogP contribution in [0.25, 0.3) is 0 Å². The van der Waals surface area contributed by atoms with Crippen LogP contribution in [0.4, 0.5) is 0 Å². The second-order valence-corrected chi connectivity index (χ2v) is 7.33. The Morgan fingerprint density at radius 1 is 1.39 bits per heavy atom. The van der Waals surface area contributed by atoms with Crippen LogP contribution in [0.15, 0.2) is 0 Å². The lowest BCUT2D eigenvalue weighted by molar-refractivity contribution is -0.135. The summed E-state index contributed by atoms with van der Waals surface area (Å²) in [4.78, 5) is 24.7. The summed E-state index contributed by atoms with van der Waals surface area (Å²) in [7, 11) is 0. The van der Waals surface area contributed by atoms with Gasteiger partial charge in [0.25, 0.3) is 0 Å². The number of Topliss-reactive ketones (excluding diaryl/α,β-unsaturated/α-hetero) is 1. The summed E-state index contributed by atoms with van der Waals surface area (Å²) in [6.45, 7) is 8.88.